The monoisotopic (exact) mass is 389 g/mol. The van der Waals surface area contributed by atoms with Gasteiger partial charge in [-0.15, -0.1) is 0 Å². The van der Waals surface area contributed by atoms with E-state index in [4.69, 9.17) is 16.3 Å². The minimum absolute atomic E-state index is 0.0439. The van der Waals surface area contributed by atoms with Crippen molar-refractivity contribution in [2.24, 2.45) is 4.99 Å². The molecule has 1 amide bonds. The van der Waals surface area contributed by atoms with Crippen molar-refractivity contribution >= 4 is 51.9 Å². The van der Waals surface area contributed by atoms with Crippen LogP contribution in [0.4, 0.5) is 11.4 Å². The number of halogens is 1. The second-order valence-electron chi connectivity index (χ2n) is 5.15. The number of nitrogens with zero attached hydrogens (tertiary/aromatic N) is 2. The molecule has 1 N–H and O–H groups in total. The summed E-state index contributed by atoms with van der Waals surface area (Å²) in [5.41, 5.74) is 0.956. The number of amides is 1. The van der Waals surface area contributed by atoms with Crippen LogP contribution in [0.25, 0.3) is 6.08 Å². The summed E-state index contributed by atoms with van der Waals surface area (Å²) >= 11 is 6.95. The van der Waals surface area contributed by atoms with Crippen LogP contribution in [-0.2, 0) is 4.79 Å². The van der Waals surface area contributed by atoms with Gasteiger partial charge in [-0.05, 0) is 53.7 Å². The Morgan fingerprint density at radius 2 is 2.00 bits per heavy atom. The van der Waals surface area contributed by atoms with Gasteiger partial charge in [0.15, 0.2) is 5.17 Å². The summed E-state index contributed by atoms with van der Waals surface area (Å²) in [5, 5.41) is 14.1. The number of aliphatic imine (C=N–C) groups is 1. The molecule has 0 atom stereocenters. The Hall–Kier alpha value is -2.84. The van der Waals surface area contributed by atoms with Gasteiger partial charge in [-0.1, -0.05) is 17.7 Å². The average molecular weight is 390 g/mol. The number of benzene rings is 2. The molecule has 1 heterocycles. The van der Waals surface area contributed by atoms with Crippen LogP contribution >= 0.6 is 23.4 Å². The predicted molar refractivity (Wildman–Crippen MR) is 102 cm³/mol. The van der Waals surface area contributed by atoms with Gasteiger partial charge in [0.05, 0.1) is 22.6 Å². The minimum atomic E-state index is -0.567. The quantitative estimate of drug-likeness (QED) is 0.481. The SMILES string of the molecule is COc1ccc(N=C2NC(=O)/C(=C\c3ccc(Cl)c([N+](=O)[O-])c3)S2)cc1. The van der Waals surface area contributed by atoms with E-state index in [2.05, 4.69) is 10.3 Å². The fourth-order valence-corrected chi connectivity index (χ4v) is 3.19. The van der Waals surface area contributed by atoms with E-state index < -0.39 is 4.92 Å². The standard InChI is InChI=1S/C17H12ClN3O4S/c1-25-12-5-3-11(4-6-12)19-17-20-16(22)15(26-17)9-10-2-7-13(18)14(8-10)21(23)24/h2-9H,1H3,(H,19,20,22)/b15-9+. The van der Waals surface area contributed by atoms with Gasteiger partial charge in [0.2, 0.25) is 0 Å². The van der Waals surface area contributed by atoms with Crippen LogP contribution in [0.15, 0.2) is 52.4 Å². The van der Waals surface area contributed by atoms with E-state index in [1.807, 2.05) is 0 Å². The van der Waals surface area contributed by atoms with E-state index in [-0.39, 0.29) is 16.6 Å². The Balaban J connectivity index is 1.83. The molecule has 26 heavy (non-hydrogen) atoms. The zero-order valence-electron chi connectivity index (χ0n) is 13.4. The molecule has 2 aromatic carbocycles. The van der Waals surface area contributed by atoms with Crippen molar-refractivity contribution < 1.29 is 14.5 Å². The number of hydrogen-bond donors (Lipinski definition) is 1. The minimum Gasteiger partial charge on any atom is -0.497 e. The number of hydrogen-bond acceptors (Lipinski definition) is 6. The van der Waals surface area contributed by atoms with Crippen LogP contribution in [0.1, 0.15) is 5.56 Å². The second-order valence-corrected chi connectivity index (χ2v) is 6.59. The van der Waals surface area contributed by atoms with Gasteiger partial charge in [-0.3, -0.25) is 14.9 Å². The van der Waals surface area contributed by atoms with E-state index in [0.717, 1.165) is 11.8 Å². The Labute approximate surface area is 157 Å². The Morgan fingerprint density at radius 1 is 1.27 bits per heavy atom. The fourth-order valence-electron chi connectivity index (χ4n) is 2.17. The highest BCUT2D eigenvalue weighted by atomic mass is 35.5. The maximum atomic E-state index is 12.1. The lowest BCUT2D eigenvalue weighted by Crippen LogP contribution is -2.19. The number of methoxy groups -OCH3 is 1. The van der Waals surface area contributed by atoms with Crippen molar-refractivity contribution in [1.29, 1.82) is 0 Å². The van der Waals surface area contributed by atoms with Crippen molar-refractivity contribution in [3.63, 3.8) is 0 Å². The molecule has 9 heteroatoms. The smallest absolute Gasteiger partial charge is 0.288 e. The second kappa shape index (κ2) is 7.59. The van der Waals surface area contributed by atoms with E-state index >= 15 is 0 Å². The summed E-state index contributed by atoms with van der Waals surface area (Å²) in [6, 6.07) is 11.4. The molecule has 0 unspecified atom stereocenters. The highest BCUT2D eigenvalue weighted by Gasteiger charge is 2.24. The maximum absolute atomic E-state index is 12.1. The van der Waals surface area contributed by atoms with Crippen molar-refractivity contribution in [3.05, 3.63) is 68.1 Å². The lowest BCUT2D eigenvalue weighted by atomic mass is 10.2. The van der Waals surface area contributed by atoms with Crippen molar-refractivity contribution in [1.82, 2.24) is 5.32 Å². The zero-order chi connectivity index (χ0) is 18.7. The van der Waals surface area contributed by atoms with Gasteiger partial charge in [-0.25, -0.2) is 4.99 Å². The first-order valence-electron chi connectivity index (χ1n) is 7.34. The molecule has 0 spiro atoms. The van der Waals surface area contributed by atoms with E-state index in [0.29, 0.717) is 27.1 Å². The summed E-state index contributed by atoms with van der Waals surface area (Å²) in [7, 11) is 1.58. The lowest BCUT2D eigenvalue weighted by molar-refractivity contribution is -0.384. The zero-order valence-corrected chi connectivity index (χ0v) is 15.0. The van der Waals surface area contributed by atoms with Crippen LogP contribution < -0.4 is 10.1 Å². The van der Waals surface area contributed by atoms with Crippen LogP contribution in [0.5, 0.6) is 5.75 Å². The predicted octanol–water partition coefficient (Wildman–Crippen LogP) is 4.15. The van der Waals surface area contributed by atoms with Crippen molar-refractivity contribution in [2.45, 2.75) is 0 Å². The number of rotatable bonds is 4. The largest absolute Gasteiger partial charge is 0.497 e. The van der Waals surface area contributed by atoms with Gasteiger partial charge in [0.1, 0.15) is 10.8 Å². The van der Waals surface area contributed by atoms with Gasteiger partial charge in [0.25, 0.3) is 11.6 Å². The third-order valence-electron chi connectivity index (χ3n) is 3.42. The van der Waals surface area contributed by atoms with E-state index in [1.165, 1.54) is 12.1 Å². The summed E-state index contributed by atoms with van der Waals surface area (Å²) in [4.78, 5) is 27.2. The highest BCUT2D eigenvalue weighted by Crippen LogP contribution is 2.31. The summed E-state index contributed by atoms with van der Waals surface area (Å²) in [5.74, 6) is 0.391. The van der Waals surface area contributed by atoms with Crippen molar-refractivity contribution in [2.75, 3.05) is 7.11 Å². The van der Waals surface area contributed by atoms with Crippen LogP contribution in [0, 0.1) is 10.1 Å². The third kappa shape index (κ3) is 4.04. The molecule has 1 saturated heterocycles. The molecule has 0 radical (unpaired) electrons. The Bertz CT molecular complexity index is 942. The Morgan fingerprint density at radius 3 is 2.65 bits per heavy atom. The van der Waals surface area contributed by atoms with Gasteiger partial charge in [-0.2, -0.15) is 0 Å². The number of nitro groups is 1. The van der Waals surface area contributed by atoms with E-state index in [9.17, 15) is 14.9 Å². The summed E-state index contributed by atoms with van der Waals surface area (Å²) in [6.07, 6.45) is 1.56. The first-order chi connectivity index (χ1) is 12.5. The van der Waals surface area contributed by atoms with Crippen LogP contribution in [-0.4, -0.2) is 23.1 Å². The molecule has 1 fully saturated rings. The molecule has 3 rings (SSSR count). The van der Waals surface area contributed by atoms with Crippen molar-refractivity contribution in [3.8, 4) is 5.75 Å². The van der Waals surface area contributed by atoms with Gasteiger partial charge < -0.3 is 10.1 Å². The molecule has 0 bridgehead atoms. The van der Waals surface area contributed by atoms with Crippen LogP contribution in [0.2, 0.25) is 5.02 Å². The molecule has 1 aliphatic heterocycles. The maximum Gasteiger partial charge on any atom is 0.288 e. The topological polar surface area (TPSA) is 93.8 Å². The number of thioether (sulfide) groups is 1. The van der Waals surface area contributed by atoms with Gasteiger partial charge >= 0.3 is 0 Å². The molecule has 132 valence electrons. The molecule has 0 aromatic heterocycles. The van der Waals surface area contributed by atoms with Crippen LogP contribution in [0.3, 0.4) is 0 Å². The normalized spacial score (nSPS) is 16.8. The summed E-state index contributed by atoms with van der Waals surface area (Å²) in [6.45, 7) is 0. The number of carbonyl (C=O) groups is 1. The highest BCUT2D eigenvalue weighted by molar-refractivity contribution is 8.18. The number of amidine groups is 1. The third-order valence-corrected chi connectivity index (χ3v) is 4.65. The number of nitro benzene ring substituents is 1. The Kier molecular flexibility index (Phi) is 5.24. The molecular formula is C17H12ClN3O4S. The van der Waals surface area contributed by atoms with Gasteiger partial charge in [0, 0.05) is 6.07 Å². The molecular weight excluding hydrogens is 378 g/mol. The van der Waals surface area contributed by atoms with E-state index in [1.54, 1.807) is 43.5 Å². The fraction of sp³-hybridized carbons (Fsp3) is 0.0588. The average Bonchev–Trinajstić information content (AvgIpc) is 2.96. The first-order valence-corrected chi connectivity index (χ1v) is 8.53. The molecule has 2 aromatic rings. The first kappa shape index (κ1) is 18.0. The lowest BCUT2D eigenvalue weighted by Gasteiger charge is -2.00. The molecule has 0 saturated carbocycles. The number of carbonyl (C=O) groups excluding carboxylic acids is 1. The molecule has 7 nitrogen and oxygen atoms in total. The number of nitrogens with one attached hydrogen (secondary N) is 1. The number of ether oxygens (including phenoxy) is 1. The molecule has 1 aliphatic rings. The molecule has 0 aliphatic carbocycles. The summed E-state index contributed by atoms with van der Waals surface area (Å²) < 4.78 is 5.08.